The number of hydrogen-bond donors (Lipinski definition) is 1. The van der Waals surface area contributed by atoms with Crippen molar-refractivity contribution in [3.63, 3.8) is 0 Å². The van der Waals surface area contributed by atoms with Gasteiger partial charge in [0.25, 0.3) is 11.6 Å². The number of ether oxygens (including phenoxy) is 1. The Balaban J connectivity index is 1.95. The third-order valence-electron chi connectivity index (χ3n) is 3.58. The lowest BCUT2D eigenvalue weighted by Gasteiger charge is -2.12. The summed E-state index contributed by atoms with van der Waals surface area (Å²) in [6, 6.07) is 9.76. The van der Waals surface area contributed by atoms with Crippen molar-refractivity contribution in [1.82, 2.24) is 5.43 Å². The first-order valence-corrected chi connectivity index (χ1v) is 8.32. The predicted octanol–water partition coefficient (Wildman–Crippen LogP) is 3.15. The number of hydrazone groups is 1. The van der Waals surface area contributed by atoms with E-state index in [9.17, 15) is 14.9 Å². The number of nitro benzene ring substituents is 1. The molecule has 2 rings (SSSR count). The summed E-state index contributed by atoms with van der Waals surface area (Å²) in [6.07, 6.45) is 1.33. The van der Waals surface area contributed by atoms with Crippen LogP contribution in [0.15, 0.2) is 41.5 Å². The standard InChI is InChI=1S/C18H19ClN4O4/c1-12-8-14(19)5-7-17(12)27-11-18(24)21-20-10-13-4-6-15(22(2)3)16(9-13)23(25)26/h4-10H,11H2,1-3H3,(H,21,24)/b20-10-. The molecule has 2 aromatic carbocycles. The van der Waals surface area contributed by atoms with Gasteiger partial charge in [0.2, 0.25) is 0 Å². The van der Waals surface area contributed by atoms with E-state index in [4.69, 9.17) is 16.3 Å². The van der Waals surface area contributed by atoms with Gasteiger partial charge in [0.05, 0.1) is 11.1 Å². The van der Waals surface area contributed by atoms with Crippen molar-refractivity contribution < 1.29 is 14.5 Å². The molecule has 0 heterocycles. The molecule has 8 nitrogen and oxygen atoms in total. The summed E-state index contributed by atoms with van der Waals surface area (Å²) >= 11 is 5.87. The Morgan fingerprint density at radius 2 is 2.07 bits per heavy atom. The fraction of sp³-hybridized carbons (Fsp3) is 0.222. The fourth-order valence-corrected chi connectivity index (χ4v) is 2.50. The first kappa shape index (κ1) is 20.2. The molecule has 0 saturated carbocycles. The molecule has 0 atom stereocenters. The van der Waals surface area contributed by atoms with Crippen LogP contribution < -0.4 is 15.1 Å². The van der Waals surface area contributed by atoms with E-state index < -0.39 is 10.8 Å². The van der Waals surface area contributed by atoms with Gasteiger partial charge in [-0.15, -0.1) is 0 Å². The second kappa shape index (κ2) is 9.00. The third-order valence-corrected chi connectivity index (χ3v) is 3.81. The summed E-state index contributed by atoms with van der Waals surface area (Å²) < 4.78 is 5.41. The molecule has 0 spiro atoms. The van der Waals surface area contributed by atoms with Gasteiger partial charge in [-0.05, 0) is 36.8 Å². The smallest absolute Gasteiger partial charge is 0.293 e. The SMILES string of the molecule is Cc1cc(Cl)ccc1OCC(=O)N/N=C\c1ccc(N(C)C)c([N+](=O)[O-])c1. The van der Waals surface area contributed by atoms with Crippen LogP contribution in [0.2, 0.25) is 5.02 Å². The minimum Gasteiger partial charge on any atom is -0.483 e. The zero-order valence-corrected chi connectivity index (χ0v) is 15.9. The molecule has 0 aromatic heterocycles. The van der Waals surface area contributed by atoms with E-state index in [0.29, 0.717) is 22.0 Å². The Bertz CT molecular complexity index is 884. The van der Waals surface area contributed by atoms with Gasteiger partial charge in [0.1, 0.15) is 11.4 Å². The van der Waals surface area contributed by atoms with Crippen LogP contribution in [0.4, 0.5) is 11.4 Å². The second-order valence-corrected chi connectivity index (χ2v) is 6.33. The van der Waals surface area contributed by atoms with Crippen LogP contribution >= 0.6 is 11.6 Å². The lowest BCUT2D eigenvalue weighted by atomic mass is 10.2. The van der Waals surface area contributed by atoms with Crippen molar-refractivity contribution >= 4 is 35.1 Å². The highest BCUT2D eigenvalue weighted by Crippen LogP contribution is 2.27. The van der Waals surface area contributed by atoms with Gasteiger partial charge >= 0.3 is 0 Å². The van der Waals surface area contributed by atoms with Crippen molar-refractivity contribution in [3.05, 3.63) is 62.7 Å². The average molecular weight is 391 g/mol. The van der Waals surface area contributed by atoms with Crippen LogP contribution in [0.3, 0.4) is 0 Å². The van der Waals surface area contributed by atoms with Crippen LogP contribution in [-0.4, -0.2) is 37.7 Å². The van der Waals surface area contributed by atoms with E-state index in [1.54, 1.807) is 49.3 Å². The molecule has 0 aliphatic carbocycles. The Kier molecular flexibility index (Phi) is 6.73. The van der Waals surface area contributed by atoms with E-state index in [2.05, 4.69) is 10.5 Å². The zero-order chi connectivity index (χ0) is 20.0. The molecule has 0 radical (unpaired) electrons. The van der Waals surface area contributed by atoms with Crippen molar-refractivity contribution in [2.24, 2.45) is 5.10 Å². The van der Waals surface area contributed by atoms with E-state index >= 15 is 0 Å². The second-order valence-electron chi connectivity index (χ2n) is 5.89. The average Bonchev–Trinajstić information content (AvgIpc) is 2.60. The minimum absolute atomic E-state index is 0.0446. The number of anilines is 1. The Hall–Kier alpha value is -3.13. The molecular weight excluding hydrogens is 372 g/mol. The Labute approximate surface area is 161 Å². The molecular formula is C18H19ClN4O4. The number of amides is 1. The molecule has 0 unspecified atom stereocenters. The topological polar surface area (TPSA) is 97.1 Å². The number of nitrogens with one attached hydrogen (secondary N) is 1. The molecule has 1 amide bonds. The molecule has 1 N–H and O–H groups in total. The van der Waals surface area contributed by atoms with Gasteiger partial charge in [0.15, 0.2) is 6.61 Å². The molecule has 142 valence electrons. The van der Waals surface area contributed by atoms with Crippen molar-refractivity contribution in [1.29, 1.82) is 0 Å². The molecule has 0 saturated heterocycles. The van der Waals surface area contributed by atoms with Crippen LogP contribution in [0, 0.1) is 17.0 Å². The number of hydrogen-bond acceptors (Lipinski definition) is 6. The Morgan fingerprint density at radius 3 is 2.70 bits per heavy atom. The van der Waals surface area contributed by atoms with Gasteiger partial charge in [-0.2, -0.15) is 5.10 Å². The Morgan fingerprint density at radius 1 is 1.33 bits per heavy atom. The maximum absolute atomic E-state index is 11.8. The van der Waals surface area contributed by atoms with Gasteiger partial charge in [0, 0.05) is 30.7 Å². The summed E-state index contributed by atoms with van der Waals surface area (Å²) in [5, 5.41) is 15.6. The number of halogens is 1. The summed E-state index contributed by atoms with van der Waals surface area (Å²) in [6.45, 7) is 1.60. The first-order chi connectivity index (χ1) is 12.8. The number of nitrogens with zero attached hydrogens (tertiary/aromatic N) is 3. The fourth-order valence-electron chi connectivity index (χ4n) is 2.27. The van der Waals surface area contributed by atoms with E-state index in [0.717, 1.165) is 5.56 Å². The highest BCUT2D eigenvalue weighted by atomic mass is 35.5. The number of carbonyl (C=O) groups is 1. The molecule has 27 heavy (non-hydrogen) atoms. The van der Waals surface area contributed by atoms with E-state index in [1.807, 2.05) is 6.92 Å². The number of rotatable bonds is 7. The van der Waals surface area contributed by atoms with Crippen molar-refractivity contribution in [3.8, 4) is 5.75 Å². The summed E-state index contributed by atoms with van der Waals surface area (Å²) in [5.74, 6) is 0.0911. The highest BCUT2D eigenvalue weighted by molar-refractivity contribution is 6.30. The van der Waals surface area contributed by atoms with E-state index in [1.165, 1.54) is 12.3 Å². The number of aryl methyl sites for hydroxylation is 1. The van der Waals surface area contributed by atoms with Crippen LogP contribution in [0.1, 0.15) is 11.1 Å². The zero-order valence-electron chi connectivity index (χ0n) is 15.1. The summed E-state index contributed by atoms with van der Waals surface area (Å²) in [5.41, 5.74) is 4.05. The maximum Gasteiger partial charge on any atom is 0.293 e. The first-order valence-electron chi connectivity index (χ1n) is 7.94. The maximum atomic E-state index is 11.8. The predicted molar refractivity (Wildman–Crippen MR) is 105 cm³/mol. The van der Waals surface area contributed by atoms with E-state index in [-0.39, 0.29) is 12.3 Å². The summed E-state index contributed by atoms with van der Waals surface area (Å²) in [4.78, 5) is 24.2. The number of nitro groups is 1. The molecule has 9 heteroatoms. The van der Waals surface area contributed by atoms with Crippen LogP contribution in [0.25, 0.3) is 0 Å². The molecule has 0 bridgehead atoms. The van der Waals surface area contributed by atoms with Gasteiger partial charge < -0.3 is 9.64 Å². The van der Waals surface area contributed by atoms with Gasteiger partial charge in [-0.1, -0.05) is 17.7 Å². The van der Waals surface area contributed by atoms with Gasteiger partial charge in [-0.3, -0.25) is 14.9 Å². The van der Waals surface area contributed by atoms with Crippen molar-refractivity contribution in [2.45, 2.75) is 6.92 Å². The van der Waals surface area contributed by atoms with Crippen molar-refractivity contribution in [2.75, 3.05) is 25.6 Å². The van der Waals surface area contributed by atoms with Crippen LogP contribution in [0.5, 0.6) is 5.75 Å². The molecule has 0 aliphatic rings. The van der Waals surface area contributed by atoms with Gasteiger partial charge in [-0.25, -0.2) is 5.43 Å². The minimum atomic E-state index is -0.465. The molecule has 2 aromatic rings. The number of carbonyl (C=O) groups excluding carboxylic acids is 1. The monoisotopic (exact) mass is 390 g/mol. The third kappa shape index (κ3) is 5.68. The summed E-state index contributed by atoms with van der Waals surface area (Å²) in [7, 11) is 3.44. The lowest BCUT2D eigenvalue weighted by Crippen LogP contribution is -2.24. The molecule has 0 aliphatic heterocycles. The highest BCUT2D eigenvalue weighted by Gasteiger charge is 2.15. The molecule has 0 fully saturated rings. The quantitative estimate of drug-likeness (QED) is 0.445. The lowest BCUT2D eigenvalue weighted by molar-refractivity contribution is -0.384. The normalized spacial score (nSPS) is 10.7. The largest absolute Gasteiger partial charge is 0.483 e. The number of benzene rings is 2. The van der Waals surface area contributed by atoms with Crippen LogP contribution in [-0.2, 0) is 4.79 Å².